The molecule has 0 aromatic heterocycles. The highest BCUT2D eigenvalue weighted by Crippen LogP contribution is 2.14. The van der Waals surface area contributed by atoms with Crippen LogP contribution in [-0.2, 0) is 28.6 Å². The van der Waals surface area contributed by atoms with Crippen LogP contribution in [0.5, 0.6) is 0 Å². The van der Waals surface area contributed by atoms with Gasteiger partial charge in [0.2, 0.25) is 0 Å². The summed E-state index contributed by atoms with van der Waals surface area (Å²) in [4.78, 5) is 38.1. The number of esters is 3. The van der Waals surface area contributed by atoms with E-state index in [1.807, 2.05) is 36.5 Å². The SMILES string of the molecule is CC\C=C/C=C\C=C/C=C\CCCCCC(=O)OCC(COC(=O)CCCCCCCCCCC/C=C\C/C=C\C/C=C\CC)OC(=O)CCCCCCC\C=C/C=C\C=C/CCCCCCC. The summed E-state index contributed by atoms with van der Waals surface area (Å²) in [5, 5.41) is 0. The Morgan fingerprint density at radius 2 is 0.647 bits per heavy atom. The molecule has 1 atom stereocenters. The van der Waals surface area contributed by atoms with Crippen molar-refractivity contribution in [3.05, 3.63) is 122 Å². The van der Waals surface area contributed by atoms with Gasteiger partial charge in [-0.3, -0.25) is 14.4 Å². The number of rotatable bonds is 48. The van der Waals surface area contributed by atoms with E-state index in [9.17, 15) is 14.4 Å². The van der Waals surface area contributed by atoms with Crippen LogP contribution in [0.25, 0.3) is 0 Å². The second-order valence-corrected chi connectivity index (χ2v) is 17.9. The molecule has 0 heterocycles. The first-order valence-corrected chi connectivity index (χ1v) is 27.6. The van der Waals surface area contributed by atoms with E-state index >= 15 is 0 Å². The highest BCUT2D eigenvalue weighted by Gasteiger charge is 2.19. The molecule has 6 nitrogen and oxygen atoms in total. The number of hydrogen-bond acceptors (Lipinski definition) is 6. The number of ether oxygens (including phenoxy) is 3. The predicted molar refractivity (Wildman–Crippen MR) is 293 cm³/mol. The van der Waals surface area contributed by atoms with Crippen LogP contribution < -0.4 is 0 Å². The number of carbonyl (C=O) groups excluding carboxylic acids is 3. The van der Waals surface area contributed by atoms with E-state index in [1.165, 1.54) is 70.6 Å². The fourth-order valence-electron chi connectivity index (χ4n) is 7.23. The van der Waals surface area contributed by atoms with Crippen molar-refractivity contribution in [1.29, 1.82) is 0 Å². The molecule has 0 aromatic rings. The summed E-state index contributed by atoms with van der Waals surface area (Å²) in [5.41, 5.74) is 0. The maximum absolute atomic E-state index is 12.8. The highest BCUT2D eigenvalue weighted by molar-refractivity contribution is 5.71. The van der Waals surface area contributed by atoms with E-state index in [-0.39, 0.29) is 31.1 Å². The lowest BCUT2D eigenvalue weighted by molar-refractivity contribution is -0.167. The Morgan fingerprint density at radius 1 is 0.324 bits per heavy atom. The summed E-state index contributed by atoms with van der Waals surface area (Å²) in [6.07, 6.45) is 76.1. The molecule has 0 rings (SSSR count). The van der Waals surface area contributed by atoms with Crippen molar-refractivity contribution in [2.75, 3.05) is 13.2 Å². The minimum Gasteiger partial charge on any atom is -0.462 e. The average molecular weight is 941 g/mol. The molecule has 0 spiro atoms. The first-order chi connectivity index (χ1) is 33.5. The third-order valence-corrected chi connectivity index (χ3v) is 11.3. The number of hydrogen-bond donors (Lipinski definition) is 0. The lowest BCUT2D eigenvalue weighted by atomic mass is 10.1. The molecule has 0 saturated heterocycles. The summed E-state index contributed by atoms with van der Waals surface area (Å²) in [5.74, 6) is -0.975. The quantitative estimate of drug-likeness (QED) is 0.0199. The molecule has 0 fully saturated rings. The average Bonchev–Trinajstić information content (AvgIpc) is 3.34. The smallest absolute Gasteiger partial charge is 0.306 e. The van der Waals surface area contributed by atoms with E-state index in [1.54, 1.807) is 0 Å². The van der Waals surface area contributed by atoms with E-state index in [2.05, 4.69) is 106 Å². The van der Waals surface area contributed by atoms with Gasteiger partial charge in [-0.15, -0.1) is 0 Å². The van der Waals surface area contributed by atoms with Gasteiger partial charge in [-0.2, -0.15) is 0 Å². The summed E-state index contributed by atoms with van der Waals surface area (Å²) in [6.45, 7) is 6.31. The van der Waals surface area contributed by atoms with E-state index < -0.39 is 6.10 Å². The topological polar surface area (TPSA) is 78.9 Å². The number of unbranched alkanes of at least 4 members (excludes halogenated alkanes) is 22. The van der Waals surface area contributed by atoms with Crippen molar-refractivity contribution < 1.29 is 28.6 Å². The molecular formula is C62H100O6. The fraction of sp³-hybridized carbons (Fsp3) is 0.629. The first-order valence-electron chi connectivity index (χ1n) is 27.6. The maximum Gasteiger partial charge on any atom is 0.306 e. The Kier molecular flexibility index (Phi) is 52.0. The van der Waals surface area contributed by atoms with Crippen LogP contribution >= 0.6 is 0 Å². The van der Waals surface area contributed by atoms with Crippen LogP contribution in [0.15, 0.2) is 122 Å². The Hall–Kier alpha value is -4.19. The van der Waals surface area contributed by atoms with Gasteiger partial charge < -0.3 is 14.2 Å². The summed E-state index contributed by atoms with van der Waals surface area (Å²) >= 11 is 0. The zero-order valence-electron chi connectivity index (χ0n) is 43.8. The lowest BCUT2D eigenvalue weighted by Gasteiger charge is -2.18. The van der Waals surface area contributed by atoms with Gasteiger partial charge in [0.15, 0.2) is 6.10 Å². The van der Waals surface area contributed by atoms with Crippen molar-refractivity contribution in [2.24, 2.45) is 0 Å². The van der Waals surface area contributed by atoms with Crippen molar-refractivity contribution in [3.63, 3.8) is 0 Å². The second kappa shape index (κ2) is 55.4. The van der Waals surface area contributed by atoms with E-state index in [0.29, 0.717) is 19.3 Å². The normalized spacial score (nSPS) is 13.0. The Labute approximate surface area is 418 Å². The van der Waals surface area contributed by atoms with Crippen LogP contribution in [0.3, 0.4) is 0 Å². The predicted octanol–water partition coefficient (Wildman–Crippen LogP) is 18.5. The van der Waals surface area contributed by atoms with Gasteiger partial charge in [0, 0.05) is 19.3 Å². The molecular weight excluding hydrogens is 841 g/mol. The molecule has 0 aromatic carbocycles. The van der Waals surface area contributed by atoms with Crippen molar-refractivity contribution in [2.45, 2.75) is 239 Å². The van der Waals surface area contributed by atoms with Crippen molar-refractivity contribution >= 4 is 17.9 Å². The van der Waals surface area contributed by atoms with Crippen LogP contribution in [0.1, 0.15) is 233 Å². The molecule has 0 aliphatic carbocycles. The summed E-state index contributed by atoms with van der Waals surface area (Å²) < 4.78 is 16.8. The van der Waals surface area contributed by atoms with Crippen molar-refractivity contribution in [1.82, 2.24) is 0 Å². The number of carbonyl (C=O) groups is 3. The zero-order chi connectivity index (χ0) is 49.3. The summed E-state index contributed by atoms with van der Waals surface area (Å²) in [6, 6.07) is 0. The fourth-order valence-corrected chi connectivity index (χ4v) is 7.23. The number of allylic oxidation sites excluding steroid dienone is 20. The Balaban J connectivity index is 4.48. The van der Waals surface area contributed by atoms with Gasteiger partial charge in [0.05, 0.1) is 0 Å². The second-order valence-electron chi connectivity index (χ2n) is 17.9. The largest absolute Gasteiger partial charge is 0.462 e. The van der Waals surface area contributed by atoms with Gasteiger partial charge >= 0.3 is 17.9 Å². The van der Waals surface area contributed by atoms with Crippen LogP contribution in [-0.4, -0.2) is 37.2 Å². The molecule has 0 N–H and O–H groups in total. The van der Waals surface area contributed by atoms with Gasteiger partial charge in [-0.1, -0.05) is 239 Å². The van der Waals surface area contributed by atoms with Gasteiger partial charge in [-0.05, 0) is 96.3 Å². The van der Waals surface area contributed by atoms with Gasteiger partial charge in [0.1, 0.15) is 13.2 Å². The third kappa shape index (κ3) is 52.8. The van der Waals surface area contributed by atoms with Crippen LogP contribution in [0.2, 0.25) is 0 Å². The molecule has 0 amide bonds. The maximum atomic E-state index is 12.8. The minimum absolute atomic E-state index is 0.105. The minimum atomic E-state index is -0.811. The van der Waals surface area contributed by atoms with Crippen molar-refractivity contribution in [3.8, 4) is 0 Å². The summed E-state index contributed by atoms with van der Waals surface area (Å²) in [7, 11) is 0. The highest BCUT2D eigenvalue weighted by atomic mass is 16.6. The lowest BCUT2D eigenvalue weighted by Crippen LogP contribution is -2.30. The standard InChI is InChI=1S/C62H100O6/c1-4-7-10-13-16-19-22-25-27-29-31-33-34-37-40-43-46-49-52-55-61(64)67-58-59(57-66-60(63)54-51-48-45-42-39-36-24-21-18-15-12-9-6-3)68-62(65)56-53-50-47-44-41-38-35-32-30-28-26-23-20-17-14-11-8-5-2/h7,9-10,12,15-16,18-19,21,23-28,30,32,35-36,39,59H,4-6,8,11,13-14,17,20,22,29,31,33-34,37-38,40-58H2,1-3H3/b10-7-,12-9-,18-15-,19-16-,24-21-,26-23-,27-25-,30-28-,35-32-,39-36-. The molecule has 0 bridgehead atoms. The molecule has 0 aliphatic rings. The molecule has 0 saturated carbocycles. The Morgan fingerprint density at radius 3 is 1.09 bits per heavy atom. The molecule has 0 radical (unpaired) electrons. The van der Waals surface area contributed by atoms with Gasteiger partial charge in [0.25, 0.3) is 0 Å². The molecule has 384 valence electrons. The first kappa shape index (κ1) is 63.8. The van der Waals surface area contributed by atoms with Crippen LogP contribution in [0.4, 0.5) is 0 Å². The Bertz CT molecular complexity index is 1450. The molecule has 68 heavy (non-hydrogen) atoms. The molecule has 0 aliphatic heterocycles. The van der Waals surface area contributed by atoms with E-state index in [4.69, 9.17) is 14.2 Å². The molecule has 1 unspecified atom stereocenters. The zero-order valence-corrected chi connectivity index (χ0v) is 43.8. The van der Waals surface area contributed by atoms with Gasteiger partial charge in [-0.25, -0.2) is 0 Å². The van der Waals surface area contributed by atoms with Crippen LogP contribution in [0, 0.1) is 0 Å². The monoisotopic (exact) mass is 941 g/mol. The van der Waals surface area contributed by atoms with E-state index in [0.717, 1.165) is 122 Å². The molecule has 6 heteroatoms. The third-order valence-electron chi connectivity index (χ3n) is 11.3.